The monoisotopic (exact) mass is 542 g/mol. The summed E-state index contributed by atoms with van der Waals surface area (Å²) in [6, 6.07) is 20.8. The van der Waals surface area contributed by atoms with Gasteiger partial charge in [0.1, 0.15) is 17.3 Å². The highest BCUT2D eigenvalue weighted by Gasteiger charge is 2.47. The first-order chi connectivity index (χ1) is 19.2. The van der Waals surface area contributed by atoms with Crippen LogP contribution in [0.1, 0.15) is 57.2 Å². The molecule has 1 saturated heterocycles. The minimum absolute atomic E-state index is 0.00490. The highest BCUT2D eigenvalue weighted by atomic mass is 16.5. The van der Waals surface area contributed by atoms with Crippen LogP contribution < -0.4 is 19.3 Å². The molecule has 0 spiro atoms. The summed E-state index contributed by atoms with van der Waals surface area (Å²) in [6.07, 6.45) is 3.19. The number of aliphatic hydroxyl groups excluding tert-OH is 1. The number of aliphatic hydroxyl groups is 1. The van der Waals surface area contributed by atoms with Crippen molar-refractivity contribution in [3.05, 3.63) is 89.5 Å². The Labute approximate surface area is 236 Å². The molecule has 0 aromatic heterocycles. The third-order valence-corrected chi connectivity index (χ3v) is 6.80. The number of rotatable bonds is 11. The lowest BCUT2D eigenvalue weighted by Gasteiger charge is -2.26. The fourth-order valence-corrected chi connectivity index (χ4v) is 4.73. The van der Waals surface area contributed by atoms with Crippen LogP contribution >= 0.6 is 0 Å². The van der Waals surface area contributed by atoms with Crippen LogP contribution in [0.4, 0.5) is 11.4 Å². The summed E-state index contributed by atoms with van der Waals surface area (Å²) in [6.45, 7) is 6.65. The average Bonchev–Trinajstić information content (AvgIpc) is 3.21. The van der Waals surface area contributed by atoms with Crippen molar-refractivity contribution in [3.8, 4) is 11.5 Å². The first-order valence-corrected chi connectivity index (χ1v) is 13.8. The molecular weight excluding hydrogens is 504 g/mol. The van der Waals surface area contributed by atoms with Crippen molar-refractivity contribution in [3.63, 3.8) is 0 Å². The highest BCUT2D eigenvalue weighted by molar-refractivity contribution is 6.51. The van der Waals surface area contributed by atoms with Crippen molar-refractivity contribution in [2.45, 2.75) is 52.2 Å². The number of unbranched alkanes of at least 4 members (excludes halogenated alkanes) is 2. The number of benzene rings is 3. The molecule has 1 fully saturated rings. The summed E-state index contributed by atoms with van der Waals surface area (Å²) in [7, 11) is 3.87. The summed E-state index contributed by atoms with van der Waals surface area (Å²) in [5.74, 6) is -0.285. The Morgan fingerprint density at radius 3 is 2.10 bits per heavy atom. The van der Waals surface area contributed by atoms with E-state index < -0.39 is 17.7 Å². The van der Waals surface area contributed by atoms with Crippen LogP contribution in [0.5, 0.6) is 11.5 Å². The fourth-order valence-electron chi connectivity index (χ4n) is 4.73. The van der Waals surface area contributed by atoms with Gasteiger partial charge in [0.05, 0.1) is 24.3 Å². The van der Waals surface area contributed by atoms with Gasteiger partial charge in [0.25, 0.3) is 11.7 Å². The van der Waals surface area contributed by atoms with Gasteiger partial charge < -0.3 is 19.5 Å². The van der Waals surface area contributed by atoms with Crippen LogP contribution in [0.2, 0.25) is 0 Å². The molecule has 0 bridgehead atoms. The number of carbonyl (C=O) groups excluding carboxylic acids is 2. The lowest BCUT2D eigenvalue weighted by Crippen LogP contribution is -2.29. The Bertz CT molecular complexity index is 1340. The Hall–Kier alpha value is -4.26. The molecule has 3 aromatic rings. The number of carbonyl (C=O) groups is 2. The third-order valence-electron chi connectivity index (χ3n) is 6.80. The van der Waals surface area contributed by atoms with E-state index in [1.807, 2.05) is 81.4 Å². The van der Waals surface area contributed by atoms with Crippen LogP contribution in [-0.2, 0) is 9.59 Å². The van der Waals surface area contributed by atoms with E-state index in [1.165, 1.54) is 4.90 Å². The zero-order valence-electron chi connectivity index (χ0n) is 23.9. The van der Waals surface area contributed by atoms with Gasteiger partial charge in [0.15, 0.2) is 0 Å². The van der Waals surface area contributed by atoms with Crippen molar-refractivity contribution >= 4 is 28.8 Å². The van der Waals surface area contributed by atoms with Crippen molar-refractivity contribution in [1.29, 1.82) is 0 Å². The largest absolute Gasteiger partial charge is 0.507 e. The van der Waals surface area contributed by atoms with E-state index in [1.54, 1.807) is 24.3 Å². The molecule has 1 unspecified atom stereocenters. The predicted octanol–water partition coefficient (Wildman–Crippen LogP) is 6.74. The maximum absolute atomic E-state index is 13.5. The van der Waals surface area contributed by atoms with Crippen molar-refractivity contribution in [2.24, 2.45) is 0 Å². The molecule has 1 heterocycles. The van der Waals surface area contributed by atoms with E-state index in [2.05, 4.69) is 6.92 Å². The third kappa shape index (κ3) is 6.30. The van der Waals surface area contributed by atoms with Gasteiger partial charge in [-0.1, -0.05) is 31.9 Å². The molecule has 0 saturated carbocycles. The Morgan fingerprint density at radius 2 is 1.52 bits per heavy atom. The molecule has 1 atom stereocenters. The number of hydrogen-bond acceptors (Lipinski definition) is 6. The molecular formula is C33H38N2O5. The van der Waals surface area contributed by atoms with Crippen LogP contribution in [0.25, 0.3) is 5.76 Å². The Kier molecular flexibility index (Phi) is 9.15. The number of Topliss-reactive ketones (excluding diaryl/α,β-unsaturated/α-hetero) is 1. The van der Waals surface area contributed by atoms with Gasteiger partial charge in [-0.3, -0.25) is 14.5 Å². The summed E-state index contributed by atoms with van der Waals surface area (Å²) in [4.78, 5) is 30.4. The van der Waals surface area contributed by atoms with E-state index in [0.29, 0.717) is 34.9 Å². The van der Waals surface area contributed by atoms with E-state index in [0.717, 1.165) is 24.9 Å². The molecule has 3 aromatic carbocycles. The van der Waals surface area contributed by atoms with Crippen molar-refractivity contribution in [2.75, 3.05) is 30.5 Å². The lowest BCUT2D eigenvalue weighted by molar-refractivity contribution is -0.132. The Balaban J connectivity index is 1.75. The molecule has 4 rings (SSSR count). The van der Waals surface area contributed by atoms with Crippen LogP contribution in [0, 0.1) is 0 Å². The maximum atomic E-state index is 13.5. The summed E-state index contributed by atoms with van der Waals surface area (Å²) < 4.78 is 11.6. The smallest absolute Gasteiger partial charge is 0.300 e. The molecule has 1 N–H and O–H groups in total. The number of amides is 1. The zero-order valence-corrected chi connectivity index (χ0v) is 23.9. The number of ether oxygens (including phenoxy) is 2. The topological polar surface area (TPSA) is 79.3 Å². The van der Waals surface area contributed by atoms with Gasteiger partial charge in [-0.15, -0.1) is 0 Å². The quantitative estimate of drug-likeness (QED) is 0.125. The number of nitrogens with zero attached hydrogens (tertiary/aromatic N) is 2. The summed E-state index contributed by atoms with van der Waals surface area (Å²) in [5, 5.41) is 11.4. The standard InChI is InChI=1S/C33H38N2O5/c1-6-7-8-21-39-27-17-11-24(12-18-27)31(36)29-30(23-9-19-28(20-10-23)40-22(2)3)35(33(38)32(29)37)26-15-13-25(14-16-26)34(4)5/h9-20,22,30,36H,6-8,21H2,1-5H3/b31-29+. The first kappa shape index (κ1) is 28.7. The second-order valence-electron chi connectivity index (χ2n) is 10.4. The van der Waals surface area contributed by atoms with Gasteiger partial charge in [0, 0.05) is 31.0 Å². The molecule has 0 aliphatic carbocycles. The lowest BCUT2D eigenvalue weighted by atomic mass is 9.95. The summed E-state index contributed by atoms with van der Waals surface area (Å²) in [5.41, 5.74) is 2.69. The molecule has 1 amide bonds. The second-order valence-corrected chi connectivity index (χ2v) is 10.4. The van der Waals surface area contributed by atoms with Crippen molar-refractivity contribution in [1.82, 2.24) is 0 Å². The van der Waals surface area contributed by atoms with Crippen LogP contribution in [0.15, 0.2) is 78.4 Å². The van der Waals surface area contributed by atoms with E-state index in [4.69, 9.17) is 9.47 Å². The van der Waals surface area contributed by atoms with Gasteiger partial charge in [-0.25, -0.2) is 0 Å². The average molecular weight is 543 g/mol. The molecule has 7 nitrogen and oxygen atoms in total. The zero-order chi connectivity index (χ0) is 28.8. The van der Waals surface area contributed by atoms with Crippen LogP contribution in [0.3, 0.4) is 0 Å². The molecule has 1 aliphatic rings. The second kappa shape index (κ2) is 12.7. The predicted molar refractivity (Wildman–Crippen MR) is 159 cm³/mol. The SMILES string of the molecule is CCCCCOc1ccc(/C(O)=C2\C(=O)C(=O)N(c3ccc(N(C)C)cc3)C2c2ccc(OC(C)C)cc2)cc1. The maximum Gasteiger partial charge on any atom is 0.300 e. The van der Waals surface area contributed by atoms with Gasteiger partial charge in [-0.2, -0.15) is 0 Å². The summed E-state index contributed by atoms with van der Waals surface area (Å²) >= 11 is 0. The number of hydrogen-bond donors (Lipinski definition) is 1. The van der Waals surface area contributed by atoms with Gasteiger partial charge in [-0.05, 0) is 86.5 Å². The van der Waals surface area contributed by atoms with Crippen molar-refractivity contribution < 1.29 is 24.2 Å². The van der Waals surface area contributed by atoms with Gasteiger partial charge in [0.2, 0.25) is 0 Å². The van der Waals surface area contributed by atoms with E-state index in [-0.39, 0.29) is 17.4 Å². The normalized spacial score (nSPS) is 16.4. The molecule has 1 aliphatic heterocycles. The highest BCUT2D eigenvalue weighted by Crippen LogP contribution is 2.43. The van der Waals surface area contributed by atoms with E-state index in [9.17, 15) is 14.7 Å². The molecule has 7 heteroatoms. The first-order valence-electron chi connectivity index (χ1n) is 13.8. The van der Waals surface area contributed by atoms with E-state index >= 15 is 0 Å². The number of anilines is 2. The van der Waals surface area contributed by atoms with Gasteiger partial charge >= 0.3 is 0 Å². The minimum Gasteiger partial charge on any atom is -0.507 e. The Morgan fingerprint density at radius 1 is 0.900 bits per heavy atom. The number of ketones is 1. The fraction of sp³-hybridized carbons (Fsp3) is 0.333. The molecule has 40 heavy (non-hydrogen) atoms. The molecule has 0 radical (unpaired) electrons. The minimum atomic E-state index is -0.816. The molecule has 210 valence electrons. The van der Waals surface area contributed by atoms with Crippen LogP contribution in [-0.4, -0.2) is 43.6 Å².